The molecule has 8 nitrogen and oxygen atoms in total. The van der Waals surface area contributed by atoms with E-state index in [1.165, 1.54) is 29.2 Å². The lowest BCUT2D eigenvalue weighted by Crippen LogP contribution is -2.25. The molecule has 0 bridgehead atoms. The molecule has 0 aromatic carbocycles. The standard InChI is InChI=1S/C13H17N5O3/c1-9(2)18-11(15-8-16-18)7-21-13(20)6-17-5-10(14)3-4-12(17)19/h3-5,8-9H,6-7,14H2,1-2H3. The fourth-order valence-corrected chi connectivity index (χ4v) is 1.81. The molecule has 0 unspecified atom stereocenters. The molecular weight excluding hydrogens is 274 g/mol. The highest BCUT2D eigenvalue weighted by molar-refractivity contribution is 5.69. The minimum Gasteiger partial charge on any atom is -0.456 e. The van der Waals surface area contributed by atoms with Crippen molar-refractivity contribution >= 4 is 11.7 Å². The summed E-state index contributed by atoms with van der Waals surface area (Å²) in [6, 6.07) is 2.91. The number of carbonyl (C=O) groups is 1. The fourth-order valence-electron chi connectivity index (χ4n) is 1.81. The number of nitrogens with two attached hydrogens (primary N) is 1. The van der Waals surface area contributed by atoms with E-state index in [1.807, 2.05) is 13.8 Å². The third kappa shape index (κ3) is 3.68. The summed E-state index contributed by atoms with van der Waals surface area (Å²) < 4.78 is 7.98. The number of esters is 1. The Hall–Kier alpha value is -2.64. The highest BCUT2D eigenvalue weighted by atomic mass is 16.5. The molecule has 21 heavy (non-hydrogen) atoms. The predicted molar refractivity (Wildman–Crippen MR) is 75.3 cm³/mol. The SMILES string of the molecule is CC(C)n1ncnc1COC(=O)Cn1cc(N)ccc1=O. The first-order valence-electron chi connectivity index (χ1n) is 6.47. The summed E-state index contributed by atoms with van der Waals surface area (Å²) in [6.07, 6.45) is 2.81. The zero-order valence-corrected chi connectivity index (χ0v) is 11.9. The Morgan fingerprint density at radius 3 is 2.90 bits per heavy atom. The smallest absolute Gasteiger partial charge is 0.326 e. The molecule has 0 aliphatic rings. The molecule has 2 aromatic heterocycles. The number of hydrogen-bond donors (Lipinski definition) is 1. The van der Waals surface area contributed by atoms with Crippen molar-refractivity contribution in [3.05, 3.63) is 40.8 Å². The second-order valence-electron chi connectivity index (χ2n) is 4.80. The normalized spacial score (nSPS) is 10.8. The number of hydrogen-bond acceptors (Lipinski definition) is 6. The molecule has 0 fully saturated rings. The largest absolute Gasteiger partial charge is 0.456 e. The molecule has 2 N–H and O–H groups in total. The molecular formula is C13H17N5O3. The molecule has 0 aliphatic carbocycles. The maximum atomic E-state index is 11.8. The molecule has 0 amide bonds. The van der Waals surface area contributed by atoms with Crippen LogP contribution in [-0.4, -0.2) is 25.3 Å². The first-order chi connectivity index (χ1) is 9.97. The van der Waals surface area contributed by atoms with Crippen LogP contribution in [0.15, 0.2) is 29.5 Å². The number of anilines is 1. The van der Waals surface area contributed by atoms with Crippen LogP contribution in [0.4, 0.5) is 5.69 Å². The average molecular weight is 291 g/mol. The van der Waals surface area contributed by atoms with Crippen molar-refractivity contribution in [3.8, 4) is 0 Å². The maximum Gasteiger partial charge on any atom is 0.326 e. The van der Waals surface area contributed by atoms with Crippen LogP contribution in [-0.2, 0) is 22.7 Å². The van der Waals surface area contributed by atoms with Crippen LogP contribution in [0.2, 0.25) is 0 Å². The molecule has 112 valence electrons. The molecule has 0 saturated carbocycles. The Bertz CT molecular complexity index is 689. The number of pyridine rings is 1. The van der Waals surface area contributed by atoms with Gasteiger partial charge >= 0.3 is 5.97 Å². The van der Waals surface area contributed by atoms with Crippen LogP contribution in [0, 0.1) is 0 Å². The van der Waals surface area contributed by atoms with Gasteiger partial charge in [-0.2, -0.15) is 5.10 Å². The summed E-state index contributed by atoms with van der Waals surface area (Å²) in [5.74, 6) is 0.0132. The van der Waals surface area contributed by atoms with E-state index in [-0.39, 0.29) is 24.8 Å². The van der Waals surface area contributed by atoms with Gasteiger partial charge in [-0.1, -0.05) is 0 Å². The van der Waals surface area contributed by atoms with Crippen LogP contribution in [0.5, 0.6) is 0 Å². The van der Waals surface area contributed by atoms with E-state index in [0.29, 0.717) is 11.5 Å². The molecule has 0 radical (unpaired) electrons. The van der Waals surface area contributed by atoms with Gasteiger partial charge in [-0.05, 0) is 19.9 Å². The van der Waals surface area contributed by atoms with Crippen molar-refractivity contribution in [2.24, 2.45) is 0 Å². The lowest BCUT2D eigenvalue weighted by Gasteiger charge is -2.10. The Morgan fingerprint density at radius 1 is 1.43 bits per heavy atom. The summed E-state index contributed by atoms with van der Waals surface area (Å²) in [7, 11) is 0. The molecule has 0 atom stereocenters. The van der Waals surface area contributed by atoms with Crippen LogP contribution in [0.3, 0.4) is 0 Å². The van der Waals surface area contributed by atoms with Crippen molar-refractivity contribution in [2.45, 2.75) is 33.0 Å². The third-order valence-corrected chi connectivity index (χ3v) is 2.80. The van der Waals surface area contributed by atoms with Crippen molar-refractivity contribution in [2.75, 3.05) is 5.73 Å². The lowest BCUT2D eigenvalue weighted by molar-refractivity contribution is -0.146. The summed E-state index contributed by atoms with van der Waals surface area (Å²) in [4.78, 5) is 27.4. The Labute approximate surface area is 121 Å². The van der Waals surface area contributed by atoms with Gasteiger partial charge in [0, 0.05) is 24.0 Å². The zero-order valence-electron chi connectivity index (χ0n) is 11.9. The summed E-state index contributed by atoms with van der Waals surface area (Å²) >= 11 is 0. The maximum absolute atomic E-state index is 11.8. The fraction of sp³-hybridized carbons (Fsp3) is 0.385. The molecule has 2 aromatic rings. The van der Waals surface area contributed by atoms with Crippen molar-refractivity contribution < 1.29 is 9.53 Å². The van der Waals surface area contributed by atoms with E-state index in [1.54, 1.807) is 4.68 Å². The van der Waals surface area contributed by atoms with E-state index in [9.17, 15) is 9.59 Å². The molecule has 2 heterocycles. The molecule has 2 rings (SSSR count). The van der Waals surface area contributed by atoms with Crippen LogP contribution in [0.25, 0.3) is 0 Å². The second-order valence-corrected chi connectivity index (χ2v) is 4.80. The molecule has 8 heteroatoms. The Balaban J connectivity index is 1.98. The number of nitrogens with zero attached hydrogens (tertiary/aromatic N) is 4. The number of nitrogen functional groups attached to an aromatic ring is 1. The van der Waals surface area contributed by atoms with E-state index < -0.39 is 5.97 Å². The highest BCUT2D eigenvalue weighted by Crippen LogP contribution is 2.06. The van der Waals surface area contributed by atoms with Gasteiger partial charge in [0.1, 0.15) is 12.9 Å². The minimum absolute atomic E-state index is 0.00802. The van der Waals surface area contributed by atoms with E-state index in [2.05, 4.69) is 10.1 Å². The lowest BCUT2D eigenvalue weighted by atomic mass is 10.4. The van der Waals surface area contributed by atoms with Crippen LogP contribution >= 0.6 is 0 Å². The van der Waals surface area contributed by atoms with Gasteiger partial charge < -0.3 is 15.0 Å². The summed E-state index contributed by atoms with van der Waals surface area (Å²) in [5.41, 5.74) is 5.67. The topological polar surface area (TPSA) is 105 Å². The number of aromatic nitrogens is 4. The average Bonchev–Trinajstić information content (AvgIpc) is 2.89. The number of ether oxygens (including phenoxy) is 1. The van der Waals surface area contributed by atoms with Crippen molar-refractivity contribution in [1.29, 1.82) is 0 Å². The second kappa shape index (κ2) is 6.21. The third-order valence-electron chi connectivity index (χ3n) is 2.80. The first kappa shape index (κ1) is 14.8. The number of carbonyl (C=O) groups excluding carboxylic acids is 1. The van der Waals surface area contributed by atoms with Gasteiger partial charge in [0.2, 0.25) is 0 Å². The molecule has 0 spiro atoms. The van der Waals surface area contributed by atoms with E-state index >= 15 is 0 Å². The van der Waals surface area contributed by atoms with E-state index in [4.69, 9.17) is 10.5 Å². The number of rotatable bonds is 5. The first-order valence-corrected chi connectivity index (χ1v) is 6.47. The Kier molecular flexibility index (Phi) is 4.36. The molecule has 0 aliphatic heterocycles. The predicted octanol–water partition coefficient (Wildman–Crippen LogP) is 0.346. The van der Waals surface area contributed by atoms with E-state index in [0.717, 1.165) is 0 Å². The van der Waals surface area contributed by atoms with Gasteiger partial charge in [-0.25, -0.2) is 9.67 Å². The summed E-state index contributed by atoms with van der Waals surface area (Å²) in [5, 5.41) is 4.05. The molecule has 0 saturated heterocycles. The minimum atomic E-state index is -0.541. The van der Waals surface area contributed by atoms with Gasteiger partial charge in [0.25, 0.3) is 5.56 Å². The van der Waals surface area contributed by atoms with Crippen molar-refractivity contribution in [1.82, 2.24) is 19.3 Å². The van der Waals surface area contributed by atoms with Gasteiger partial charge in [-0.3, -0.25) is 9.59 Å². The highest BCUT2D eigenvalue weighted by Gasteiger charge is 2.11. The van der Waals surface area contributed by atoms with Gasteiger partial charge in [0.15, 0.2) is 12.4 Å². The summed E-state index contributed by atoms with van der Waals surface area (Å²) in [6.45, 7) is 3.71. The van der Waals surface area contributed by atoms with Crippen molar-refractivity contribution in [3.63, 3.8) is 0 Å². The van der Waals surface area contributed by atoms with Crippen LogP contribution < -0.4 is 11.3 Å². The quantitative estimate of drug-likeness (QED) is 0.797. The van der Waals surface area contributed by atoms with Crippen LogP contribution in [0.1, 0.15) is 25.7 Å². The Morgan fingerprint density at radius 2 is 2.19 bits per heavy atom. The van der Waals surface area contributed by atoms with Gasteiger partial charge in [0.05, 0.1) is 0 Å². The van der Waals surface area contributed by atoms with Gasteiger partial charge in [-0.15, -0.1) is 0 Å². The monoisotopic (exact) mass is 291 g/mol. The zero-order chi connectivity index (χ0) is 15.4.